The molecule has 144 valence electrons. The normalized spacial score (nSPS) is 15.9. The number of amides is 1. The van der Waals surface area contributed by atoms with Crippen molar-refractivity contribution in [2.75, 3.05) is 40.0 Å². The first kappa shape index (κ1) is 20.7. The van der Waals surface area contributed by atoms with Gasteiger partial charge < -0.3 is 9.64 Å². The van der Waals surface area contributed by atoms with Gasteiger partial charge in [-0.1, -0.05) is 0 Å². The second-order valence-electron chi connectivity index (χ2n) is 6.11. The summed E-state index contributed by atoms with van der Waals surface area (Å²) in [7, 11) is -0.971. The standard InChI is InChI=1S/C17H24N2O5S2/c1-18(26(22,23)15-6-4-14(25-3)5-7-15)12-16(20)19-10-8-13(9-11-19)17(21)24-2/h4-7,13H,8-12H2,1-3H3. The number of nitrogens with zero attached hydrogens (tertiary/aromatic N) is 2. The molecular weight excluding hydrogens is 376 g/mol. The van der Waals surface area contributed by atoms with Crippen LogP contribution in [0.1, 0.15) is 12.8 Å². The molecule has 0 radical (unpaired) electrons. The van der Waals surface area contributed by atoms with Gasteiger partial charge in [0, 0.05) is 25.0 Å². The van der Waals surface area contributed by atoms with Crippen molar-refractivity contribution in [3.63, 3.8) is 0 Å². The fourth-order valence-corrected chi connectivity index (χ4v) is 4.36. The lowest BCUT2D eigenvalue weighted by molar-refractivity contribution is -0.148. The Bertz CT molecular complexity index is 741. The van der Waals surface area contributed by atoms with Crippen molar-refractivity contribution < 1.29 is 22.7 Å². The Morgan fingerprint density at radius 2 is 1.81 bits per heavy atom. The van der Waals surface area contributed by atoms with Gasteiger partial charge in [0.25, 0.3) is 0 Å². The lowest BCUT2D eigenvalue weighted by Gasteiger charge is -2.31. The SMILES string of the molecule is COC(=O)C1CCN(C(=O)CN(C)S(=O)(=O)c2ccc(SC)cc2)CC1. The molecule has 0 saturated carbocycles. The Kier molecular flexibility index (Phi) is 7.08. The molecule has 1 aliphatic heterocycles. The zero-order valence-electron chi connectivity index (χ0n) is 15.2. The fourth-order valence-electron chi connectivity index (χ4n) is 2.83. The maximum atomic E-state index is 12.6. The van der Waals surface area contributed by atoms with Crippen molar-refractivity contribution in [3.8, 4) is 0 Å². The minimum atomic E-state index is -3.72. The third kappa shape index (κ3) is 4.77. The summed E-state index contributed by atoms with van der Waals surface area (Å²) in [5, 5.41) is 0. The Hall–Kier alpha value is -1.58. The molecule has 26 heavy (non-hydrogen) atoms. The molecule has 1 fully saturated rings. The molecule has 1 amide bonds. The van der Waals surface area contributed by atoms with Gasteiger partial charge in [0.15, 0.2) is 0 Å². The van der Waals surface area contributed by atoms with Gasteiger partial charge in [0.2, 0.25) is 15.9 Å². The lowest BCUT2D eigenvalue weighted by Crippen LogP contribution is -2.45. The molecule has 1 aromatic carbocycles. The van der Waals surface area contributed by atoms with Gasteiger partial charge in [-0.05, 0) is 43.4 Å². The van der Waals surface area contributed by atoms with Crippen LogP contribution < -0.4 is 0 Å². The van der Waals surface area contributed by atoms with Crippen molar-refractivity contribution in [2.24, 2.45) is 5.92 Å². The molecule has 0 aromatic heterocycles. The summed E-state index contributed by atoms with van der Waals surface area (Å²) in [6.07, 6.45) is 2.98. The molecule has 0 aliphatic carbocycles. The van der Waals surface area contributed by atoms with E-state index in [0.717, 1.165) is 9.20 Å². The Morgan fingerprint density at radius 1 is 1.23 bits per heavy atom. The van der Waals surface area contributed by atoms with Crippen LogP contribution in [0.25, 0.3) is 0 Å². The summed E-state index contributed by atoms with van der Waals surface area (Å²) >= 11 is 1.53. The maximum absolute atomic E-state index is 12.6. The van der Waals surface area contributed by atoms with E-state index >= 15 is 0 Å². The summed E-state index contributed by atoms with van der Waals surface area (Å²) in [5.74, 6) is -0.717. The van der Waals surface area contributed by atoms with E-state index < -0.39 is 10.0 Å². The lowest BCUT2D eigenvalue weighted by atomic mass is 9.97. The van der Waals surface area contributed by atoms with Gasteiger partial charge in [-0.3, -0.25) is 9.59 Å². The second kappa shape index (κ2) is 8.88. The summed E-state index contributed by atoms with van der Waals surface area (Å²) in [6, 6.07) is 6.57. The first-order chi connectivity index (χ1) is 12.3. The van der Waals surface area contributed by atoms with Crippen LogP contribution in [0.5, 0.6) is 0 Å². The van der Waals surface area contributed by atoms with Crippen LogP contribution in [-0.2, 0) is 24.3 Å². The number of likely N-dealkylation sites (tertiary alicyclic amines) is 1. The van der Waals surface area contributed by atoms with Crippen LogP contribution in [0.3, 0.4) is 0 Å². The highest BCUT2D eigenvalue weighted by Crippen LogP contribution is 2.21. The smallest absolute Gasteiger partial charge is 0.308 e. The first-order valence-corrected chi connectivity index (χ1v) is 10.9. The monoisotopic (exact) mass is 400 g/mol. The van der Waals surface area contributed by atoms with E-state index in [-0.39, 0.29) is 29.2 Å². The number of thioether (sulfide) groups is 1. The average molecular weight is 401 g/mol. The largest absolute Gasteiger partial charge is 0.469 e. The number of hydrogen-bond donors (Lipinski definition) is 0. The number of likely N-dealkylation sites (N-methyl/N-ethyl adjacent to an activating group) is 1. The molecule has 0 N–H and O–H groups in total. The average Bonchev–Trinajstić information content (AvgIpc) is 2.67. The van der Waals surface area contributed by atoms with Gasteiger partial charge in [-0.15, -0.1) is 11.8 Å². The first-order valence-electron chi connectivity index (χ1n) is 8.25. The molecular formula is C17H24N2O5S2. The molecule has 0 atom stereocenters. The van der Waals surface area contributed by atoms with Crippen LogP contribution >= 0.6 is 11.8 Å². The number of sulfonamides is 1. The molecule has 0 unspecified atom stereocenters. The number of carbonyl (C=O) groups is 2. The third-order valence-electron chi connectivity index (χ3n) is 4.51. The predicted molar refractivity (Wildman–Crippen MR) is 99.4 cm³/mol. The molecule has 0 bridgehead atoms. The van der Waals surface area contributed by atoms with Crippen molar-refractivity contribution in [1.82, 2.24) is 9.21 Å². The molecule has 9 heteroatoms. The van der Waals surface area contributed by atoms with E-state index in [1.807, 2.05) is 6.26 Å². The van der Waals surface area contributed by atoms with Crippen molar-refractivity contribution in [1.29, 1.82) is 0 Å². The molecule has 2 rings (SSSR count). The van der Waals surface area contributed by atoms with Crippen LogP contribution in [0, 0.1) is 5.92 Å². The Labute approximate surface area is 158 Å². The molecule has 1 aliphatic rings. The van der Waals surface area contributed by atoms with Gasteiger partial charge >= 0.3 is 5.97 Å². The van der Waals surface area contributed by atoms with Gasteiger partial charge in [-0.25, -0.2) is 8.42 Å². The zero-order chi connectivity index (χ0) is 19.3. The number of piperidine rings is 1. The molecule has 1 saturated heterocycles. The topological polar surface area (TPSA) is 84.0 Å². The maximum Gasteiger partial charge on any atom is 0.308 e. The Morgan fingerprint density at radius 3 is 2.31 bits per heavy atom. The van der Waals surface area contributed by atoms with Crippen LogP contribution in [0.4, 0.5) is 0 Å². The Balaban J connectivity index is 1.96. The molecule has 7 nitrogen and oxygen atoms in total. The van der Waals surface area contributed by atoms with E-state index in [1.165, 1.54) is 25.9 Å². The second-order valence-corrected chi connectivity index (χ2v) is 9.04. The summed E-state index contributed by atoms with van der Waals surface area (Å²) in [6.45, 7) is 0.624. The van der Waals surface area contributed by atoms with E-state index in [2.05, 4.69) is 0 Å². The number of benzene rings is 1. The molecule has 1 heterocycles. The van der Waals surface area contributed by atoms with Crippen molar-refractivity contribution >= 4 is 33.7 Å². The van der Waals surface area contributed by atoms with E-state index in [4.69, 9.17) is 4.74 Å². The van der Waals surface area contributed by atoms with Gasteiger partial charge in [0.1, 0.15) is 0 Å². The summed E-state index contributed by atoms with van der Waals surface area (Å²) in [4.78, 5) is 26.7. The van der Waals surface area contributed by atoms with Gasteiger partial charge in [0.05, 0.1) is 24.5 Å². The minimum absolute atomic E-state index is 0.162. The number of methoxy groups -OCH3 is 1. The number of esters is 1. The van der Waals surface area contributed by atoms with Crippen LogP contribution in [0.2, 0.25) is 0 Å². The van der Waals surface area contributed by atoms with E-state index in [9.17, 15) is 18.0 Å². The van der Waals surface area contributed by atoms with Crippen molar-refractivity contribution in [2.45, 2.75) is 22.6 Å². The summed E-state index contributed by atoms with van der Waals surface area (Å²) < 4.78 is 31.0. The molecule has 0 spiro atoms. The predicted octanol–water partition coefficient (Wildman–Crippen LogP) is 1.44. The number of ether oxygens (including phenoxy) is 1. The summed E-state index contributed by atoms with van der Waals surface area (Å²) in [5.41, 5.74) is 0. The highest BCUT2D eigenvalue weighted by Gasteiger charge is 2.30. The number of hydrogen-bond acceptors (Lipinski definition) is 6. The van der Waals surface area contributed by atoms with E-state index in [0.29, 0.717) is 25.9 Å². The number of carbonyl (C=O) groups excluding carboxylic acids is 2. The van der Waals surface area contributed by atoms with Crippen LogP contribution in [0.15, 0.2) is 34.1 Å². The minimum Gasteiger partial charge on any atom is -0.469 e. The van der Waals surface area contributed by atoms with Crippen LogP contribution in [-0.4, -0.2) is 69.5 Å². The van der Waals surface area contributed by atoms with Crippen molar-refractivity contribution in [3.05, 3.63) is 24.3 Å². The molecule has 1 aromatic rings. The zero-order valence-corrected chi connectivity index (χ0v) is 16.8. The van der Waals surface area contributed by atoms with Gasteiger partial charge in [-0.2, -0.15) is 4.31 Å². The fraction of sp³-hybridized carbons (Fsp3) is 0.529. The van der Waals surface area contributed by atoms with E-state index in [1.54, 1.807) is 29.2 Å². The highest BCUT2D eigenvalue weighted by molar-refractivity contribution is 7.98. The quantitative estimate of drug-likeness (QED) is 0.531. The number of rotatable bonds is 6. The highest BCUT2D eigenvalue weighted by atomic mass is 32.2. The third-order valence-corrected chi connectivity index (χ3v) is 7.07.